The largest absolute Gasteiger partial charge is 0.497 e. The monoisotopic (exact) mass is 236 g/mol. The molecule has 1 atom stereocenters. The van der Waals surface area contributed by atoms with Crippen LogP contribution in [0, 0.1) is 5.92 Å². The summed E-state index contributed by atoms with van der Waals surface area (Å²) in [6.45, 7) is 3.28. The van der Waals surface area contributed by atoms with Gasteiger partial charge in [0, 0.05) is 19.2 Å². The van der Waals surface area contributed by atoms with Crippen molar-refractivity contribution < 1.29 is 9.53 Å². The van der Waals surface area contributed by atoms with Crippen molar-refractivity contribution in [2.45, 2.75) is 6.92 Å². The molecule has 0 fully saturated rings. The Morgan fingerprint density at radius 3 is 2.47 bits per heavy atom. The summed E-state index contributed by atoms with van der Waals surface area (Å²) in [7, 11) is 3.39. The smallest absolute Gasteiger partial charge is 0.253 e. The zero-order valence-corrected chi connectivity index (χ0v) is 10.6. The Labute approximate surface area is 102 Å². The fraction of sp³-hybridized carbons (Fsp3) is 0.462. The molecule has 0 spiro atoms. The van der Waals surface area contributed by atoms with E-state index >= 15 is 0 Å². The topological polar surface area (TPSA) is 55.6 Å². The quantitative estimate of drug-likeness (QED) is 0.840. The Morgan fingerprint density at radius 2 is 2.00 bits per heavy atom. The highest BCUT2D eigenvalue weighted by Crippen LogP contribution is 2.13. The van der Waals surface area contributed by atoms with Crippen molar-refractivity contribution >= 4 is 5.91 Å². The molecule has 1 aromatic rings. The second kappa shape index (κ2) is 6.25. The van der Waals surface area contributed by atoms with Crippen LogP contribution in [0.2, 0.25) is 0 Å². The molecular formula is C13H20N2O2. The van der Waals surface area contributed by atoms with Gasteiger partial charge in [0.1, 0.15) is 5.75 Å². The van der Waals surface area contributed by atoms with Crippen molar-refractivity contribution in [3.8, 4) is 5.75 Å². The van der Waals surface area contributed by atoms with Crippen molar-refractivity contribution in [3.05, 3.63) is 29.8 Å². The van der Waals surface area contributed by atoms with Gasteiger partial charge in [0.15, 0.2) is 0 Å². The summed E-state index contributed by atoms with van der Waals surface area (Å²) >= 11 is 0. The lowest BCUT2D eigenvalue weighted by Crippen LogP contribution is -2.33. The predicted octanol–water partition coefficient (Wildman–Crippen LogP) is 1.36. The molecule has 1 unspecified atom stereocenters. The molecule has 4 heteroatoms. The van der Waals surface area contributed by atoms with Gasteiger partial charge >= 0.3 is 0 Å². The Morgan fingerprint density at radius 1 is 1.41 bits per heavy atom. The van der Waals surface area contributed by atoms with E-state index in [1.165, 1.54) is 0 Å². The fourth-order valence-corrected chi connectivity index (χ4v) is 1.58. The third kappa shape index (κ3) is 3.75. The van der Waals surface area contributed by atoms with E-state index in [9.17, 15) is 4.79 Å². The average Bonchev–Trinajstić information content (AvgIpc) is 2.37. The van der Waals surface area contributed by atoms with E-state index in [1.54, 1.807) is 43.3 Å². The first-order valence-electron chi connectivity index (χ1n) is 5.68. The second-order valence-corrected chi connectivity index (χ2v) is 4.26. The van der Waals surface area contributed by atoms with Gasteiger partial charge in [-0.05, 0) is 36.7 Å². The van der Waals surface area contributed by atoms with E-state index in [0.717, 1.165) is 5.75 Å². The lowest BCUT2D eigenvalue weighted by Gasteiger charge is -2.20. The summed E-state index contributed by atoms with van der Waals surface area (Å²) in [4.78, 5) is 13.7. The number of hydrogen-bond donors (Lipinski definition) is 1. The molecule has 1 amide bonds. The lowest BCUT2D eigenvalue weighted by atomic mass is 10.1. The minimum atomic E-state index is 0.00736. The number of ether oxygens (including phenoxy) is 1. The fourth-order valence-electron chi connectivity index (χ4n) is 1.58. The molecule has 0 heterocycles. The van der Waals surface area contributed by atoms with Crippen LogP contribution < -0.4 is 10.5 Å². The van der Waals surface area contributed by atoms with Crippen molar-refractivity contribution in [1.29, 1.82) is 0 Å². The number of hydrogen-bond acceptors (Lipinski definition) is 3. The molecule has 0 radical (unpaired) electrons. The second-order valence-electron chi connectivity index (χ2n) is 4.26. The van der Waals surface area contributed by atoms with Crippen molar-refractivity contribution in [1.82, 2.24) is 4.90 Å². The number of methoxy groups -OCH3 is 1. The predicted molar refractivity (Wildman–Crippen MR) is 68.2 cm³/mol. The maximum absolute atomic E-state index is 12.0. The van der Waals surface area contributed by atoms with Crippen LogP contribution in [0.4, 0.5) is 0 Å². The third-order valence-corrected chi connectivity index (χ3v) is 2.67. The zero-order chi connectivity index (χ0) is 12.8. The first-order chi connectivity index (χ1) is 8.08. The Hall–Kier alpha value is -1.55. The first kappa shape index (κ1) is 13.5. The SMILES string of the molecule is COc1ccc(C(=O)N(C)CC(C)CN)cc1. The summed E-state index contributed by atoms with van der Waals surface area (Å²) in [5.74, 6) is 1.06. The van der Waals surface area contributed by atoms with Crippen molar-refractivity contribution in [2.24, 2.45) is 11.7 Å². The normalized spacial score (nSPS) is 12.0. The van der Waals surface area contributed by atoms with Crippen molar-refractivity contribution in [2.75, 3.05) is 27.2 Å². The van der Waals surface area contributed by atoms with Gasteiger partial charge in [0.2, 0.25) is 0 Å². The summed E-state index contributed by atoms with van der Waals surface area (Å²) in [5.41, 5.74) is 6.21. The number of nitrogens with two attached hydrogens (primary N) is 1. The highest BCUT2D eigenvalue weighted by Gasteiger charge is 2.13. The number of rotatable bonds is 5. The van der Waals surface area contributed by atoms with Crippen molar-refractivity contribution in [3.63, 3.8) is 0 Å². The molecule has 1 rings (SSSR count). The number of nitrogens with zero attached hydrogens (tertiary/aromatic N) is 1. The van der Waals surface area contributed by atoms with E-state index in [0.29, 0.717) is 24.6 Å². The molecule has 4 nitrogen and oxygen atoms in total. The van der Waals surface area contributed by atoms with Gasteiger partial charge in [0.25, 0.3) is 5.91 Å². The van der Waals surface area contributed by atoms with Gasteiger partial charge in [-0.3, -0.25) is 4.79 Å². The van der Waals surface area contributed by atoms with Gasteiger partial charge < -0.3 is 15.4 Å². The standard InChI is InChI=1S/C13H20N2O2/c1-10(8-14)9-15(2)13(16)11-4-6-12(17-3)7-5-11/h4-7,10H,8-9,14H2,1-3H3. The Kier molecular flexibility index (Phi) is 4.97. The third-order valence-electron chi connectivity index (χ3n) is 2.67. The molecule has 0 bridgehead atoms. The molecule has 0 aromatic heterocycles. The van der Waals surface area contributed by atoms with Crippen LogP contribution in [0.5, 0.6) is 5.75 Å². The highest BCUT2D eigenvalue weighted by molar-refractivity contribution is 5.94. The first-order valence-corrected chi connectivity index (χ1v) is 5.68. The highest BCUT2D eigenvalue weighted by atomic mass is 16.5. The van der Waals surface area contributed by atoms with Gasteiger partial charge in [0.05, 0.1) is 7.11 Å². The molecular weight excluding hydrogens is 216 g/mol. The van der Waals surface area contributed by atoms with E-state index in [2.05, 4.69) is 0 Å². The number of benzene rings is 1. The van der Waals surface area contributed by atoms with E-state index < -0.39 is 0 Å². The minimum Gasteiger partial charge on any atom is -0.497 e. The zero-order valence-electron chi connectivity index (χ0n) is 10.6. The molecule has 0 aliphatic rings. The van der Waals surface area contributed by atoms with Gasteiger partial charge in [-0.2, -0.15) is 0 Å². The van der Waals surface area contributed by atoms with Crippen LogP contribution in [0.15, 0.2) is 24.3 Å². The van der Waals surface area contributed by atoms with Gasteiger partial charge in [-0.1, -0.05) is 6.92 Å². The molecule has 0 saturated carbocycles. The molecule has 17 heavy (non-hydrogen) atoms. The van der Waals surface area contributed by atoms with E-state index in [4.69, 9.17) is 10.5 Å². The molecule has 0 aliphatic heterocycles. The van der Waals surface area contributed by atoms with Crippen LogP contribution in [-0.2, 0) is 0 Å². The Bertz CT molecular complexity index is 362. The van der Waals surface area contributed by atoms with E-state index in [1.807, 2.05) is 6.92 Å². The number of carbonyl (C=O) groups is 1. The van der Waals surface area contributed by atoms with Crippen LogP contribution in [0.1, 0.15) is 17.3 Å². The maximum atomic E-state index is 12.0. The number of carbonyl (C=O) groups excluding carboxylic acids is 1. The van der Waals surface area contributed by atoms with Crippen LogP contribution in [-0.4, -0.2) is 38.1 Å². The van der Waals surface area contributed by atoms with E-state index in [-0.39, 0.29) is 5.91 Å². The Balaban J connectivity index is 2.67. The molecule has 0 aliphatic carbocycles. The molecule has 94 valence electrons. The molecule has 1 aromatic carbocycles. The molecule has 0 saturated heterocycles. The number of amides is 1. The minimum absolute atomic E-state index is 0.00736. The van der Waals surface area contributed by atoms with Crippen LogP contribution in [0.25, 0.3) is 0 Å². The summed E-state index contributed by atoms with van der Waals surface area (Å²) in [6.07, 6.45) is 0. The molecule has 2 N–H and O–H groups in total. The van der Waals surface area contributed by atoms with Gasteiger partial charge in [-0.25, -0.2) is 0 Å². The maximum Gasteiger partial charge on any atom is 0.253 e. The van der Waals surface area contributed by atoms with Crippen LogP contribution >= 0.6 is 0 Å². The summed E-state index contributed by atoms with van der Waals surface area (Å²) in [6, 6.07) is 7.11. The summed E-state index contributed by atoms with van der Waals surface area (Å²) < 4.78 is 5.05. The lowest BCUT2D eigenvalue weighted by molar-refractivity contribution is 0.0777. The average molecular weight is 236 g/mol. The van der Waals surface area contributed by atoms with Crippen LogP contribution in [0.3, 0.4) is 0 Å². The summed E-state index contributed by atoms with van der Waals surface area (Å²) in [5, 5.41) is 0. The van der Waals surface area contributed by atoms with Gasteiger partial charge in [-0.15, -0.1) is 0 Å².